The molecule has 0 spiro atoms. The van der Waals surface area contributed by atoms with Gasteiger partial charge in [-0.2, -0.15) is 0 Å². The molecule has 0 aliphatic rings. The van der Waals surface area contributed by atoms with E-state index in [2.05, 4.69) is 10.0 Å². The number of sulfonamides is 1. The molecule has 0 aliphatic heterocycles. The van der Waals surface area contributed by atoms with Crippen molar-refractivity contribution in [2.24, 2.45) is 0 Å². The van der Waals surface area contributed by atoms with Crippen molar-refractivity contribution >= 4 is 27.3 Å². The van der Waals surface area contributed by atoms with Crippen molar-refractivity contribution in [2.45, 2.75) is 39.7 Å². The van der Waals surface area contributed by atoms with Crippen LogP contribution in [-0.4, -0.2) is 27.7 Å². The van der Waals surface area contributed by atoms with Gasteiger partial charge >= 0.3 is 0 Å². The van der Waals surface area contributed by atoms with E-state index in [1.165, 1.54) is 13.2 Å². The van der Waals surface area contributed by atoms with Gasteiger partial charge in [-0.15, -0.1) is 0 Å². The van der Waals surface area contributed by atoms with E-state index in [0.717, 1.165) is 23.4 Å². The SMILES string of the molecule is COc1c(NC(=O)c2cc(F)c(C)c(OCc3ccccc3)c2)cc(C(C)(C)C)cc1NS(C)(=O)=O. The summed E-state index contributed by atoms with van der Waals surface area (Å²) in [5.41, 5.74) is 2.05. The van der Waals surface area contributed by atoms with Gasteiger partial charge < -0.3 is 14.8 Å². The second kappa shape index (κ2) is 10.6. The molecule has 3 aromatic carbocycles. The summed E-state index contributed by atoms with van der Waals surface area (Å²) in [7, 11) is -2.25. The summed E-state index contributed by atoms with van der Waals surface area (Å²) in [5.74, 6) is -0.803. The largest absolute Gasteiger partial charge is 0.492 e. The third kappa shape index (κ3) is 6.75. The summed E-state index contributed by atoms with van der Waals surface area (Å²) < 4.78 is 52.3. The molecule has 192 valence electrons. The van der Waals surface area contributed by atoms with Crippen molar-refractivity contribution < 1.29 is 27.1 Å². The Hall–Kier alpha value is -3.59. The minimum atomic E-state index is -3.62. The quantitative estimate of drug-likeness (QED) is 0.406. The summed E-state index contributed by atoms with van der Waals surface area (Å²) in [5, 5.41) is 2.74. The number of nitrogens with one attached hydrogen (secondary N) is 2. The highest BCUT2D eigenvalue weighted by atomic mass is 32.2. The molecule has 0 unspecified atom stereocenters. The number of hydrogen-bond donors (Lipinski definition) is 2. The van der Waals surface area contributed by atoms with Crippen LogP contribution in [0.5, 0.6) is 11.5 Å². The molecule has 0 aliphatic carbocycles. The van der Waals surface area contributed by atoms with Gasteiger partial charge in [-0.3, -0.25) is 9.52 Å². The summed E-state index contributed by atoms with van der Waals surface area (Å²) in [6, 6.07) is 15.4. The van der Waals surface area contributed by atoms with E-state index in [-0.39, 0.29) is 46.0 Å². The van der Waals surface area contributed by atoms with E-state index >= 15 is 0 Å². The van der Waals surface area contributed by atoms with Crippen LogP contribution >= 0.6 is 0 Å². The Balaban J connectivity index is 1.97. The maximum absolute atomic E-state index is 14.7. The van der Waals surface area contributed by atoms with Crippen LogP contribution in [0.4, 0.5) is 15.8 Å². The van der Waals surface area contributed by atoms with Crippen LogP contribution in [0.3, 0.4) is 0 Å². The topological polar surface area (TPSA) is 93.7 Å². The van der Waals surface area contributed by atoms with Crippen molar-refractivity contribution in [1.29, 1.82) is 0 Å². The molecule has 0 aromatic heterocycles. The minimum Gasteiger partial charge on any atom is -0.492 e. The first-order valence-corrected chi connectivity index (χ1v) is 13.2. The Kier molecular flexibility index (Phi) is 7.93. The zero-order valence-corrected chi connectivity index (χ0v) is 22.0. The number of carbonyl (C=O) groups is 1. The molecule has 1 amide bonds. The van der Waals surface area contributed by atoms with Crippen LogP contribution in [0.25, 0.3) is 0 Å². The number of carbonyl (C=O) groups excluding carboxylic acids is 1. The highest BCUT2D eigenvalue weighted by molar-refractivity contribution is 7.92. The van der Waals surface area contributed by atoms with Crippen molar-refractivity contribution in [3.05, 3.63) is 82.7 Å². The lowest BCUT2D eigenvalue weighted by Gasteiger charge is -2.24. The molecule has 3 aromatic rings. The first-order valence-electron chi connectivity index (χ1n) is 11.3. The molecule has 0 bridgehead atoms. The summed E-state index contributed by atoms with van der Waals surface area (Å²) in [4.78, 5) is 13.2. The second-order valence-electron chi connectivity index (χ2n) is 9.54. The van der Waals surface area contributed by atoms with Gasteiger partial charge in [0.1, 0.15) is 18.2 Å². The summed E-state index contributed by atoms with van der Waals surface area (Å²) in [6.45, 7) is 7.66. The number of rotatable bonds is 8. The van der Waals surface area contributed by atoms with Gasteiger partial charge in [0.15, 0.2) is 5.75 Å². The smallest absolute Gasteiger partial charge is 0.256 e. The molecule has 9 heteroatoms. The average Bonchev–Trinajstić information content (AvgIpc) is 2.78. The van der Waals surface area contributed by atoms with Crippen LogP contribution in [0.1, 0.15) is 47.8 Å². The van der Waals surface area contributed by atoms with Crippen molar-refractivity contribution in [3.63, 3.8) is 0 Å². The Morgan fingerprint density at radius 3 is 2.25 bits per heavy atom. The first kappa shape index (κ1) is 27.0. The fourth-order valence-corrected chi connectivity index (χ4v) is 4.07. The van der Waals surface area contributed by atoms with Crippen LogP contribution in [0, 0.1) is 12.7 Å². The molecule has 3 rings (SSSR count). The lowest BCUT2D eigenvalue weighted by atomic mass is 9.86. The molecule has 0 fully saturated rings. The van der Waals surface area contributed by atoms with Gasteiger partial charge in [0.05, 0.1) is 24.7 Å². The van der Waals surface area contributed by atoms with E-state index in [4.69, 9.17) is 9.47 Å². The first-order chi connectivity index (χ1) is 16.8. The number of ether oxygens (including phenoxy) is 2. The van der Waals surface area contributed by atoms with E-state index in [9.17, 15) is 17.6 Å². The molecule has 0 heterocycles. The lowest BCUT2D eigenvalue weighted by Crippen LogP contribution is -2.18. The van der Waals surface area contributed by atoms with Crippen molar-refractivity contribution in [1.82, 2.24) is 0 Å². The second-order valence-corrected chi connectivity index (χ2v) is 11.3. The normalized spacial score (nSPS) is 11.6. The monoisotopic (exact) mass is 514 g/mol. The van der Waals surface area contributed by atoms with E-state index in [1.807, 2.05) is 51.1 Å². The van der Waals surface area contributed by atoms with Crippen molar-refractivity contribution in [3.8, 4) is 11.5 Å². The molecule has 0 saturated heterocycles. The lowest BCUT2D eigenvalue weighted by molar-refractivity contribution is 0.102. The molecular weight excluding hydrogens is 483 g/mol. The zero-order chi connectivity index (χ0) is 26.7. The fourth-order valence-electron chi connectivity index (χ4n) is 3.51. The van der Waals surface area contributed by atoms with E-state index < -0.39 is 21.7 Å². The number of methoxy groups -OCH3 is 1. The molecule has 0 radical (unpaired) electrons. The molecule has 0 saturated carbocycles. The Labute approximate surface area is 211 Å². The molecule has 0 atom stereocenters. The van der Waals surface area contributed by atoms with Crippen LogP contribution in [0.2, 0.25) is 0 Å². The third-order valence-electron chi connectivity index (χ3n) is 5.50. The van der Waals surface area contributed by atoms with Crippen LogP contribution in [0.15, 0.2) is 54.6 Å². The van der Waals surface area contributed by atoms with E-state index in [1.54, 1.807) is 19.1 Å². The maximum Gasteiger partial charge on any atom is 0.256 e. The number of amides is 1. The van der Waals surface area contributed by atoms with Crippen molar-refractivity contribution in [2.75, 3.05) is 23.4 Å². The third-order valence-corrected chi connectivity index (χ3v) is 6.09. The molecule has 7 nitrogen and oxygen atoms in total. The molecular formula is C27H31FN2O5S. The van der Waals surface area contributed by atoms with Gasteiger partial charge in [-0.25, -0.2) is 12.8 Å². The van der Waals surface area contributed by atoms with Gasteiger partial charge in [-0.05, 0) is 47.7 Å². The van der Waals surface area contributed by atoms with Gasteiger partial charge in [0, 0.05) is 11.1 Å². The number of halogens is 1. The fraction of sp³-hybridized carbons (Fsp3) is 0.296. The van der Waals surface area contributed by atoms with Gasteiger partial charge in [-0.1, -0.05) is 51.1 Å². The van der Waals surface area contributed by atoms with Crippen LogP contribution < -0.4 is 19.5 Å². The summed E-state index contributed by atoms with van der Waals surface area (Å²) >= 11 is 0. The van der Waals surface area contributed by atoms with E-state index in [0.29, 0.717) is 0 Å². The van der Waals surface area contributed by atoms with Gasteiger partial charge in [0.2, 0.25) is 10.0 Å². The zero-order valence-electron chi connectivity index (χ0n) is 21.2. The Morgan fingerprint density at radius 1 is 1.03 bits per heavy atom. The standard InChI is InChI=1S/C27H31FN2O5S/c1-17-21(28)12-19(13-24(17)35-16-18-10-8-7-9-11-18)26(31)29-22-14-20(27(2,3)4)15-23(25(22)34-5)30-36(6,32)33/h7-15,30H,16H2,1-6H3,(H,29,31). The Morgan fingerprint density at radius 2 is 1.67 bits per heavy atom. The predicted octanol–water partition coefficient (Wildman–Crippen LogP) is 5.64. The maximum atomic E-state index is 14.7. The minimum absolute atomic E-state index is 0.0435. The average molecular weight is 515 g/mol. The summed E-state index contributed by atoms with van der Waals surface area (Å²) in [6.07, 6.45) is 1.03. The highest BCUT2D eigenvalue weighted by Gasteiger charge is 2.23. The van der Waals surface area contributed by atoms with Gasteiger partial charge in [0.25, 0.3) is 5.91 Å². The highest BCUT2D eigenvalue weighted by Crippen LogP contribution is 2.39. The number of benzene rings is 3. The van der Waals surface area contributed by atoms with Crippen LogP contribution in [-0.2, 0) is 22.0 Å². The number of anilines is 2. The molecule has 36 heavy (non-hydrogen) atoms. The number of hydrogen-bond acceptors (Lipinski definition) is 5. The Bertz CT molecular complexity index is 1370. The predicted molar refractivity (Wildman–Crippen MR) is 140 cm³/mol. The molecule has 2 N–H and O–H groups in total.